The van der Waals surface area contributed by atoms with Gasteiger partial charge in [0.05, 0.1) is 15.8 Å². The summed E-state index contributed by atoms with van der Waals surface area (Å²) in [7, 11) is 0. The summed E-state index contributed by atoms with van der Waals surface area (Å²) in [5.41, 5.74) is 20.1. The lowest BCUT2D eigenvalue weighted by Crippen LogP contribution is -2.58. The zero-order chi connectivity index (χ0) is 46.9. The lowest BCUT2D eigenvalue weighted by atomic mass is 9.26. The monoisotopic (exact) mass is 1020 g/mol. The highest BCUT2D eigenvalue weighted by Crippen LogP contribution is 2.58. The zero-order valence-corrected chi connectivity index (χ0v) is 44.2. The topological polar surface area (TPSA) is 6.48 Å². The summed E-state index contributed by atoms with van der Waals surface area (Å²) < 4.78 is 1.04. The van der Waals surface area contributed by atoms with Crippen LogP contribution in [0.1, 0.15) is 41.2 Å². The van der Waals surface area contributed by atoms with Crippen molar-refractivity contribution < 1.29 is 0 Å². The van der Waals surface area contributed by atoms with Gasteiger partial charge in [-0.2, -0.15) is 0 Å². The van der Waals surface area contributed by atoms with Gasteiger partial charge in [-0.25, -0.2) is 0 Å². The van der Waals surface area contributed by atoms with E-state index in [9.17, 15) is 0 Å². The molecule has 5 aliphatic rings. The van der Waals surface area contributed by atoms with Gasteiger partial charge >= 0.3 is 0 Å². The molecule has 4 aliphatic heterocycles. The number of benzene rings is 8. The molecule has 0 fully saturated rings. The molecule has 0 N–H and O–H groups in total. The molecule has 0 bridgehead atoms. The predicted molar refractivity (Wildman–Crippen MR) is 305 cm³/mol. The minimum absolute atomic E-state index is 0.000943. The highest BCUT2D eigenvalue weighted by molar-refractivity contribution is 9.10. The third kappa shape index (κ3) is 7.19. The number of hydrogen-bond donors (Lipinski definition) is 0. The van der Waals surface area contributed by atoms with Crippen molar-refractivity contribution >= 4 is 138 Å². The maximum Gasteiger partial charge on any atom is 0.247 e. The Balaban J connectivity index is 1.03. The van der Waals surface area contributed by atoms with Crippen molar-refractivity contribution in [3.05, 3.63) is 201 Å². The number of allylic oxidation sites excluding steroid dienone is 4. The quantitative estimate of drug-likeness (QED) is 0.152. The molecule has 69 heavy (non-hydrogen) atoms. The minimum atomic E-state index is -0.000943. The average molecular weight is 1030 g/mol. The molecule has 2 nitrogen and oxygen atoms in total. The molecule has 0 saturated heterocycles. The number of halogens is 1. The van der Waals surface area contributed by atoms with E-state index in [4.69, 9.17) is 0 Å². The van der Waals surface area contributed by atoms with E-state index >= 15 is 0 Å². The second-order valence-corrected chi connectivity index (χ2v) is 24.8. The van der Waals surface area contributed by atoms with Crippen LogP contribution in [0.5, 0.6) is 0 Å². The van der Waals surface area contributed by atoms with E-state index in [1.807, 2.05) is 47.0 Å². The Kier molecular flexibility index (Phi) is 10.6. The van der Waals surface area contributed by atoms with Gasteiger partial charge in [-0.15, -0.1) is 0 Å². The van der Waals surface area contributed by atoms with Crippen molar-refractivity contribution in [2.45, 2.75) is 87.5 Å². The van der Waals surface area contributed by atoms with Gasteiger partial charge in [-0.05, 0) is 185 Å². The standard InChI is InChI=1S/C60H47B2BrN2S4/c1-35-23-36(2)26-40(25-35)64(42-31-52-57-53(32-42)67-50-19-11-8-16-45(50)61(57)44-15-7-10-18-49(44)66-52)47-29-39(5)30-48(59(47)63)65(41-27-37(3)24-38(4)28-41)43-33-54-58-55(34-43)69-56-21-13-14-22-60(56,6)62(58)46-17-9-12-20-51(46)68-54/h7-21,23-34H,22H2,1-6H3. The predicted octanol–water partition coefficient (Wildman–Crippen LogP) is 15.2. The van der Waals surface area contributed by atoms with E-state index in [0.29, 0.717) is 0 Å². The molecular formula is C60H47B2BrN2S4. The zero-order valence-electron chi connectivity index (χ0n) is 39.4. The van der Waals surface area contributed by atoms with Crippen molar-refractivity contribution in [2.24, 2.45) is 0 Å². The molecular weight excluding hydrogens is 978 g/mol. The number of hydrogen-bond acceptors (Lipinski definition) is 6. The molecule has 1 atom stereocenters. The molecule has 9 heteroatoms. The lowest BCUT2D eigenvalue weighted by Gasteiger charge is -2.46. The average Bonchev–Trinajstić information content (AvgIpc) is 3.32. The van der Waals surface area contributed by atoms with Gasteiger partial charge in [0.25, 0.3) is 0 Å². The Morgan fingerprint density at radius 1 is 0.464 bits per heavy atom. The van der Waals surface area contributed by atoms with Gasteiger partial charge < -0.3 is 9.80 Å². The number of thioether (sulfide) groups is 1. The van der Waals surface area contributed by atoms with Crippen molar-refractivity contribution in [2.75, 3.05) is 9.80 Å². The van der Waals surface area contributed by atoms with E-state index in [1.54, 1.807) is 0 Å². The molecule has 0 saturated carbocycles. The normalized spacial score (nSPS) is 16.7. The third-order valence-corrected chi connectivity index (χ3v) is 20.2. The second-order valence-electron chi connectivity index (χ2n) is 19.7. The van der Waals surface area contributed by atoms with Gasteiger partial charge in [0, 0.05) is 57.0 Å². The third-order valence-electron chi connectivity index (χ3n) is 14.6. The summed E-state index contributed by atoms with van der Waals surface area (Å²) in [6.07, 6.45) is 8.05. The molecule has 0 amide bonds. The summed E-state index contributed by atoms with van der Waals surface area (Å²) in [6, 6.07) is 55.9. The molecule has 4 heterocycles. The summed E-state index contributed by atoms with van der Waals surface area (Å²) in [4.78, 5) is 15.9. The molecule has 13 rings (SSSR count). The first-order chi connectivity index (χ1) is 33.5. The van der Waals surface area contributed by atoms with E-state index in [-0.39, 0.29) is 18.7 Å². The minimum Gasteiger partial charge on any atom is -0.309 e. The highest BCUT2D eigenvalue weighted by atomic mass is 79.9. The van der Waals surface area contributed by atoms with E-state index in [1.165, 1.54) is 94.3 Å². The van der Waals surface area contributed by atoms with Crippen LogP contribution in [-0.2, 0) is 0 Å². The van der Waals surface area contributed by atoms with Crippen LogP contribution in [0.4, 0.5) is 34.1 Å². The second kappa shape index (κ2) is 16.7. The van der Waals surface area contributed by atoms with E-state index < -0.39 is 0 Å². The summed E-state index contributed by atoms with van der Waals surface area (Å²) in [6.45, 7) is 14.1. The van der Waals surface area contributed by atoms with Crippen LogP contribution < -0.4 is 37.1 Å². The molecule has 1 aliphatic carbocycles. The van der Waals surface area contributed by atoms with Crippen molar-refractivity contribution in [3.8, 4) is 0 Å². The largest absolute Gasteiger partial charge is 0.309 e. The summed E-state index contributed by atoms with van der Waals surface area (Å²) >= 11 is 12.2. The van der Waals surface area contributed by atoms with Gasteiger partial charge in [-0.1, -0.05) is 155 Å². The smallest absolute Gasteiger partial charge is 0.247 e. The Morgan fingerprint density at radius 3 is 1.38 bits per heavy atom. The molecule has 1 unspecified atom stereocenters. The molecule has 0 spiro atoms. The van der Waals surface area contributed by atoms with E-state index in [2.05, 4.69) is 231 Å². The molecule has 8 aromatic carbocycles. The number of anilines is 6. The Hall–Kier alpha value is -5.15. The van der Waals surface area contributed by atoms with Crippen LogP contribution in [0.2, 0.25) is 5.31 Å². The van der Waals surface area contributed by atoms with Crippen LogP contribution in [0.15, 0.2) is 207 Å². The Bertz CT molecular complexity index is 3470. The molecule has 0 aromatic heterocycles. The summed E-state index contributed by atoms with van der Waals surface area (Å²) in [5.74, 6) is 0. The van der Waals surface area contributed by atoms with Crippen LogP contribution in [0, 0.1) is 34.6 Å². The van der Waals surface area contributed by atoms with Crippen molar-refractivity contribution in [3.63, 3.8) is 0 Å². The Morgan fingerprint density at radius 2 is 0.870 bits per heavy atom. The maximum absolute atomic E-state index is 4.44. The van der Waals surface area contributed by atoms with Crippen LogP contribution in [0.25, 0.3) is 0 Å². The van der Waals surface area contributed by atoms with Gasteiger partial charge in [0.1, 0.15) is 0 Å². The number of rotatable bonds is 6. The van der Waals surface area contributed by atoms with Crippen LogP contribution in [-0.4, -0.2) is 13.4 Å². The SMILES string of the molecule is Cc1cc(C)cc(N(c2cc3c4c(c2)Sc2ccccc2B4c2ccccc2S3)c2cc(C)cc(N(c3cc(C)cc(C)c3)c3cc4c5c(c3)Sc3ccccc3B5C3(C)CC=CC=C3S4)c2Br)c1. The lowest BCUT2D eigenvalue weighted by molar-refractivity contribution is 0.731. The highest BCUT2D eigenvalue weighted by Gasteiger charge is 2.51. The number of aryl methyl sites for hydroxylation is 5. The first-order valence-electron chi connectivity index (χ1n) is 23.8. The fourth-order valence-electron chi connectivity index (χ4n) is 11.8. The van der Waals surface area contributed by atoms with Crippen LogP contribution in [0.3, 0.4) is 0 Å². The van der Waals surface area contributed by atoms with Gasteiger partial charge in [0.15, 0.2) is 0 Å². The van der Waals surface area contributed by atoms with Crippen molar-refractivity contribution in [1.82, 2.24) is 0 Å². The van der Waals surface area contributed by atoms with Crippen LogP contribution >= 0.6 is 63.0 Å². The number of fused-ring (bicyclic) bond motifs is 8. The Labute approximate surface area is 432 Å². The molecule has 0 radical (unpaired) electrons. The first kappa shape index (κ1) is 43.8. The molecule has 8 aromatic rings. The summed E-state index contributed by atoms with van der Waals surface area (Å²) in [5, 5.41) is -0.000943. The first-order valence-corrected chi connectivity index (χ1v) is 27.8. The van der Waals surface area contributed by atoms with E-state index in [0.717, 1.165) is 45.0 Å². The fraction of sp³-hybridized carbons (Fsp3) is 0.133. The fourth-order valence-corrected chi connectivity index (χ4v) is 17.4. The number of nitrogens with zero attached hydrogens (tertiary/aromatic N) is 2. The van der Waals surface area contributed by atoms with Gasteiger partial charge in [0.2, 0.25) is 13.4 Å². The maximum atomic E-state index is 4.44. The van der Waals surface area contributed by atoms with Crippen molar-refractivity contribution in [1.29, 1.82) is 0 Å². The van der Waals surface area contributed by atoms with Gasteiger partial charge in [-0.3, -0.25) is 0 Å². The molecule has 334 valence electrons.